The summed E-state index contributed by atoms with van der Waals surface area (Å²) in [6, 6.07) is 0.514. The van der Waals surface area contributed by atoms with Crippen LogP contribution in [0.5, 0.6) is 0 Å². The standard InChI is InChI=1S/C15H27N3/c1-4-5-6-7-8-13-15(16)18-12(3)9-11(2)10-14(18)17-13/h11-12H,4-10,16H2,1-3H3. The van der Waals surface area contributed by atoms with Gasteiger partial charge >= 0.3 is 0 Å². The largest absolute Gasteiger partial charge is 0.384 e. The van der Waals surface area contributed by atoms with Crippen molar-refractivity contribution in [1.82, 2.24) is 9.55 Å². The fourth-order valence-electron chi connectivity index (χ4n) is 3.17. The number of unbranched alkanes of at least 4 members (excludes halogenated alkanes) is 3. The van der Waals surface area contributed by atoms with Crippen LogP contribution in [-0.4, -0.2) is 9.55 Å². The van der Waals surface area contributed by atoms with Gasteiger partial charge in [0.25, 0.3) is 0 Å². The van der Waals surface area contributed by atoms with Gasteiger partial charge < -0.3 is 10.3 Å². The van der Waals surface area contributed by atoms with Gasteiger partial charge in [0, 0.05) is 12.5 Å². The molecule has 0 radical (unpaired) electrons. The second kappa shape index (κ2) is 5.77. The number of nitrogen functional groups attached to an aromatic ring is 1. The fourth-order valence-corrected chi connectivity index (χ4v) is 3.17. The summed E-state index contributed by atoms with van der Waals surface area (Å²) in [4.78, 5) is 4.79. The molecule has 2 rings (SSSR count). The minimum Gasteiger partial charge on any atom is -0.384 e. The number of hydrogen-bond acceptors (Lipinski definition) is 2. The Balaban J connectivity index is 2.07. The molecule has 1 aromatic rings. The highest BCUT2D eigenvalue weighted by Crippen LogP contribution is 2.32. The predicted molar refractivity (Wildman–Crippen MR) is 76.7 cm³/mol. The Hall–Kier alpha value is -0.990. The summed E-state index contributed by atoms with van der Waals surface area (Å²) >= 11 is 0. The van der Waals surface area contributed by atoms with Crippen molar-refractivity contribution in [2.24, 2.45) is 5.92 Å². The van der Waals surface area contributed by atoms with Crippen LogP contribution in [0.4, 0.5) is 5.82 Å². The number of fused-ring (bicyclic) bond motifs is 1. The molecule has 3 heteroatoms. The van der Waals surface area contributed by atoms with Crippen LogP contribution in [0.3, 0.4) is 0 Å². The minimum absolute atomic E-state index is 0.514. The summed E-state index contributed by atoms with van der Waals surface area (Å²) in [7, 11) is 0. The zero-order valence-electron chi connectivity index (χ0n) is 12.1. The third kappa shape index (κ3) is 2.70. The molecule has 2 heterocycles. The van der Waals surface area contributed by atoms with Crippen molar-refractivity contribution >= 4 is 5.82 Å². The SMILES string of the molecule is CCCCCCc1nc2n(c1N)C(C)CC(C)C2. The van der Waals surface area contributed by atoms with E-state index < -0.39 is 0 Å². The number of aromatic nitrogens is 2. The summed E-state index contributed by atoms with van der Waals surface area (Å²) in [5.74, 6) is 2.88. The number of nitrogens with zero attached hydrogens (tertiary/aromatic N) is 2. The summed E-state index contributed by atoms with van der Waals surface area (Å²) in [5, 5.41) is 0. The molecule has 0 aliphatic carbocycles. The molecule has 1 aliphatic rings. The van der Waals surface area contributed by atoms with Crippen molar-refractivity contribution in [3.63, 3.8) is 0 Å². The average molecular weight is 249 g/mol. The molecule has 2 N–H and O–H groups in total. The van der Waals surface area contributed by atoms with E-state index in [1.165, 1.54) is 37.9 Å². The van der Waals surface area contributed by atoms with Crippen LogP contribution in [0.15, 0.2) is 0 Å². The molecule has 3 nitrogen and oxygen atoms in total. The molecule has 2 unspecified atom stereocenters. The van der Waals surface area contributed by atoms with Crippen LogP contribution in [0.25, 0.3) is 0 Å². The van der Waals surface area contributed by atoms with E-state index in [4.69, 9.17) is 10.7 Å². The van der Waals surface area contributed by atoms with Gasteiger partial charge in [-0.15, -0.1) is 0 Å². The number of hydrogen-bond donors (Lipinski definition) is 1. The van der Waals surface area contributed by atoms with Crippen LogP contribution in [0, 0.1) is 5.92 Å². The van der Waals surface area contributed by atoms with E-state index in [1.807, 2.05) is 0 Å². The molecule has 0 aromatic carbocycles. The zero-order valence-corrected chi connectivity index (χ0v) is 12.1. The summed E-state index contributed by atoms with van der Waals surface area (Å²) in [5.41, 5.74) is 7.42. The lowest BCUT2D eigenvalue weighted by Gasteiger charge is -2.27. The minimum atomic E-state index is 0.514. The molecule has 0 bridgehead atoms. The van der Waals surface area contributed by atoms with Crippen molar-refractivity contribution in [2.75, 3.05) is 5.73 Å². The number of anilines is 1. The van der Waals surface area contributed by atoms with E-state index in [0.717, 1.165) is 30.3 Å². The van der Waals surface area contributed by atoms with Crippen molar-refractivity contribution < 1.29 is 0 Å². The molecule has 1 aromatic heterocycles. The molecule has 0 saturated carbocycles. The average Bonchev–Trinajstić information content (AvgIpc) is 2.61. The second-order valence-electron chi connectivity index (χ2n) is 5.93. The van der Waals surface area contributed by atoms with Gasteiger partial charge in [0.1, 0.15) is 11.6 Å². The third-order valence-corrected chi connectivity index (χ3v) is 4.08. The Morgan fingerprint density at radius 3 is 2.78 bits per heavy atom. The molecule has 102 valence electrons. The Labute approximate surface area is 111 Å². The first-order chi connectivity index (χ1) is 8.63. The Kier molecular flexibility index (Phi) is 4.31. The maximum absolute atomic E-state index is 6.28. The van der Waals surface area contributed by atoms with Crippen LogP contribution in [-0.2, 0) is 12.8 Å². The predicted octanol–water partition coefficient (Wildman–Crippen LogP) is 3.73. The maximum atomic E-state index is 6.28. The van der Waals surface area contributed by atoms with Gasteiger partial charge in [-0.05, 0) is 32.1 Å². The molecule has 18 heavy (non-hydrogen) atoms. The van der Waals surface area contributed by atoms with Gasteiger partial charge in [-0.2, -0.15) is 0 Å². The second-order valence-corrected chi connectivity index (χ2v) is 5.93. The number of imidazole rings is 1. The van der Waals surface area contributed by atoms with Gasteiger partial charge in [-0.3, -0.25) is 0 Å². The van der Waals surface area contributed by atoms with E-state index in [1.54, 1.807) is 0 Å². The molecule has 0 amide bonds. The Morgan fingerprint density at radius 2 is 2.06 bits per heavy atom. The lowest BCUT2D eigenvalue weighted by Crippen LogP contribution is -2.22. The smallest absolute Gasteiger partial charge is 0.127 e. The van der Waals surface area contributed by atoms with Crippen molar-refractivity contribution in [1.29, 1.82) is 0 Å². The summed E-state index contributed by atoms with van der Waals surface area (Å²) < 4.78 is 2.27. The van der Waals surface area contributed by atoms with E-state index >= 15 is 0 Å². The Bertz CT molecular complexity index is 395. The van der Waals surface area contributed by atoms with Gasteiger partial charge in [0.05, 0.1) is 5.69 Å². The van der Waals surface area contributed by atoms with Gasteiger partial charge in [-0.25, -0.2) is 4.98 Å². The topological polar surface area (TPSA) is 43.8 Å². The molecule has 0 saturated heterocycles. The van der Waals surface area contributed by atoms with Crippen LogP contribution in [0.1, 0.15) is 70.4 Å². The maximum Gasteiger partial charge on any atom is 0.127 e. The highest BCUT2D eigenvalue weighted by Gasteiger charge is 2.25. The monoisotopic (exact) mass is 249 g/mol. The highest BCUT2D eigenvalue weighted by molar-refractivity contribution is 5.39. The molecule has 0 spiro atoms. The van der Waals surface area contributed by atoms with Gasteiger partial charge in [-0.1, -0.05) is 33.1 Å². The normalized spacial score (nSPS) is 23.1. The lowest BCUT2D eigenvalue weighted by atomic mass is 9.95. The number of nitrogens with two attached hydrogens (primary N) is 1. The van der Waals surface area contributed by atoms with Crippen LogP contribution >= 0.6 is 0 Å². The first kappa shape index (κ1) is 13.4. The Morgan fingerprint density at radius 1 is 1.28 bits per heavy atom. The van der Waals surface area contributed by atoms with E-state index in [0.29, 0.717) is 6.04 Å². The van der Waals surface area contributed by atoms with Gasteiger partial charge in [0.15, 0.2) is 0 Å². The number of aryl methyl sites for hydroxylation is 1. The quantitative estimate of drug-likeness (QED) is 0.808. The van der Waals surface area contributed by atoms with Gasteiger partial charge in [0.2, 0.25) is 0 Å². The molecule has 0 fully saturated rings. The first-order valence-electron chi connectivity index (χ1n) is 7.48. The lowest BCUT2D eigenvalue weighted by molar-refractivity contribution is 0.346. The first-order valence-corrected chi connectivity index (χ1v) is 7.48. The molecule has 1 aliphatic heterocycles. The van der Waals surface area contributed by atoms with E-state index in [-0.39, 0.29) is 0 Å². The van der Waals surface area contributed by atoms with Crippen LogP contribution < -0.4 is 5.73 Å². The van der Waals surface area contributed by atoms with Crippen molar-refractivity contribution in [3.05, 3.63) is 11.5 Å². The van der Waals surface area contributed by atoms with Crippen molar-refractivity contribution in [2.45, 2.75) is 71.8 Å². The van der Waals surface area contributed by atoms with E-state index in [2.05, 4.69) is 25.3 Å². The summed E-state index contributed by atoms with van der Waals surface area (Å²) in [6.45, 7) is 6.82. The van der Waals surface area contributed by atoms with Crippen molar-refractivity contribution in [3.8, 4) is 0 Å². The molecular weight excluding hydrogens is 222 g/mol. The molecule has 2 atom stereocenters. The fraction of sp³-hybridized carbons (Fsp3) is 0.800. The van der Waals surface area contributed by atoms with E-state index in [9.17, 15) is 0 Å². The van der Waals surface area contributed by atoms with Crippen LogP contribution in [0.2, 0.25) is 0 Å². The zero-order chi connectivity index (χ0) is 13.1. The third-order valence-electron chi connectivity index (χ3n) is 4.08. The highest BCUT2D eigenvalue weighted by atomic mass is 15.2. The summed E-state index contributed by atoms with van der Waals surface area (Å²) in [6.07, 6.45) is 8.48. The molecular formula is C15H27N3. The number of rotatable bonds is 5.